The standard InChI is InChI=1S/C10H20N2O2S/c13-9(8-15-10-6-14-7-10)5-12-3-1-11-2-4-12/h9-11,13H,1-8H2. The normalized spacial score (nSPS) is 26.2. The molecule has 0 bridgehead atoms. The lowest BCUT2D eigenvalue weighted by molar-refractivity contribution is 0.0450. The number of hydrogen-bond donors (Lipinski definition) is 2. The van der Waals surface area contributed by atoms with E-state index in [9.17, 15) is 5.11 Å². The Balaban J connectivity index is 1.56. The van der Waals surface area contributed by atoms with Crippen LogP contribution in [0.4, 0.5) is 0 Å². The van der Waals surface area contributed by atoms with E-state index in [0.29, 0.717) is 5.25 Å². The largest absolute Gasteiger partial charge is 0.391 e. The summed E-state index contributed by atoms with van der Waals surface area (Å²) in [5, 5.41) is 13.8. The van der Waals surface area contributed by atoms with Crippen LogP contribution in [0.25, 0.3) is 0 Å². The Kier molecular flexibility index (Phi) is 4.71. The molecule has 2 fully saturated rings. The minimum Gasteiger partial charge on any atom is -0.391 e. The molecule has 0 amide bonds. The first-order valence-electron chi connectivity index (χ1n) is 5.65. The van der Waals surface area contributed by atoms with E-state index in [1.807, 2.05) is 11.8 Å². The number of thioether (sulfide) groups is 1. The Hall–Kier alpha value is 0.190. The highest BCUT2D eigenvalue weighted by Crippen LogP contribution is 2.19. The molecule has 88 valence electrons. The van der Waals surface area contributed by atoms with E-state index in [4.69, 9.17) is 4.74 Å². The molecule has 2 N–H and O–H groups in total. The average Bonchev–Trinajstić information content (AvgIpc) is 2.17. The minimum absolute atomic E-state index is 0.186. The lowest BCUT2D eigenvalue weighted by Crippen LogP contribution is -2.46. The Morgan fingerprint density at radius 3 is 2.73 bits per heavy atom. The van der Waals surface area contributed by atoms with Crippen LogP contribution in [0.2, 0.25) is 0 Å². The number of piperazine rings is 1. The summed E-state index contributed by atoms with van der Waals surface area (Å²) in [4.78, 5) is 2.33. The van der Waals surface area contributed by atoms with E-state index in [1.165, 1.54) is 0 Å². The van der Waals surface area contributed by atoms with E-state index in [0.717, 1.165) is 51.7 Å². The van der Waals surface area contributed by atoms with Gasteiger partial charge in [-0.3, -0.25) is 4.90 Å². The molecule has 2 heterocycles. The summed E-state index contributed by atoms with van der Waals surface area (Å²) in [5.41, 5.74) is 0. The Labute approximate surface area is 95.4 Å². The lowest BCUT2D eigenvalue weighted by atomic mass is 10.3. The molecule has 0 aromatic rings. The number of β-amino-alcohol motifs (C(OH)–C–C–N with tert-alkyl or cyclic N) is 1. The summed E-state index contributed by atoms with van der Waals surface area (Å²) in [6, 6.07) is 0. The van der Waals surface area contributed by atoms with Crippen molar-refractivity contribution >= 4 is 11.8 Å². The molecule has 2 aliphatic heterocycles. The van der Waals surface area contributed by atoms with Gasteiger partial charge in [-0.05, 0) is 0 Å². The molecule has 1 atom stereocenters. The molecule has 5 heteroatoms. The van der Waals surface area contributed by atoms with Gasteiger partial charge in [0.15, 0.2) is 0 Å². The van der Waals surface area contributed by atoms with Gasteiger partial charge in [0.2, 0.25) is 0 Å². The van der Waals surface area contributed by atoms with Crippen LogP contribution in [0.1, 0.15) is 0 Å². The van der Waals surface area contributed by atoms with Crippen LogP contribution in [-0.2, 0) is 4.74 Å². The van der Waals surface area contributed by atoms with Crippen molar-refractivity contribution in [3.05, 3.63) is 0 Å². The second-order valence-corrected chi connectivity index (χ2v) is 5.53. The Morgan fingerprint density at radius 1 is 1.40 bits per heavy atom. The number of hydrogen-bond acceptors (Lipinski definition) is 5. The molecular weight excluding hydrogens is 212 g/mol. The fourth-order valence-electron chi connectivity index (χ4n) is 1.80. The lowest BCUT2D eigenvalue weighted by Gasteiger charge is -2.30. The van der Waals surface area contributed by atoms with E-state index in [2.05, 4.69) is 10.2 Å². The highest BCUT2D eigenvalue weighted by molar-refractivity contribution is 8.00. The van der Waals surface area contributed by atoms with Crippen LogP contribution in [0.3, 0.4) is 0 Å². The maximum Gasteiger partial charge on any atom is 0.0757 e. The van der Waals surface area contributed by atoms with Crippen molar-refractivity contribution in [2.75, 3.05) is 51.7 Å². The van der Waals surface area contributed by atoms with Gasteiger partial charge in [0, 0.05) is 38.5 Å². The van der Waals surface area contributed by atoms with E-state index < -0.39 is 0 Å². The van der Waals surface area contributed by atoms with Crippen LogP contribution in [0.15, 0.2) is 0 Å². The van der Waals surface area contributed by atoms with Gasteiger partial charge in [0.25, 0.3) is 0 Å². The van der Waals surface area contributed by atoms with Crippen LogP contribution in [0, 0.1) is 0 Å². The molecule has 0 aromatic heterocycles. The van der Waals surface area contributed by atoms with Gasteiger partial charge in [-0.2, -0.15) is 11.8 Å². The quantitative estimate of drug-likeness (QED) is 0.662. The zero-order chi connectivity index (χ0) is 10.5. The predicted octanol–water partition coefficient (Wildman–Crippen LogP) is -0.615. The van der Waals surface area contributed by atoms with Crippen molar-refractivity contribution in [3.63, 3.8) is 0 Å². The highest BCUT2D eigenvalue weighted by atomic mass is 32.2. The summed E-state index contributed by atoms with van der Waals surface area (Å²) in [7, 11) is 0. The molecule has 0 aromatic carbocycles. The molecule has 0 radical (unpaired) electrons. The third kappa shape index (κ3) is 3.92. The molecule has 0 saturated carbocycles. The fraction of sp³-hybridized carbons (Fsp3) is 1.00. The van der Waals surface area contributed by atoms with Crippen molar-refractivity contribution in [1.82, 2.24) is 10.2 Å². The molecular formula is C10H20N2O2S. The van der Waals surface area contributed by atoms with Crippen molar-refractivity contribution in [1.29, 1.82) is 0 Å². The zero-order valence-electron chi connectivity index (χ0n) is 9.02. The Bertz CT molecular complexity index is 184. The van der Waals surface area contributed by atoms with Crippen LogP contribution in [-0.4, -0.2) is 73.1 Å². The van der Waals surface area contributed by atoms with Crippen molar-refractivity contribution in [2.45, 2.75) is 11.4 Å². The van der Waals surface area contributed by atoms with Gasteiger partial charge in [-0.25, -0.2) is 0 Å². The van der Waals surface area contributed by atoms with Gasteiger partial charge in [0.1, 0.15) is 0 Å². The molecule has 4 nitrogen and oxygen atoms in total. The van der Waals surface area contributed by atoms with Crippen LogP contribution in [0.5, 0.6) is 0 Å². The molecule has 2 aliphatic rings. The monoisotopic (exact) mass is 232 g/mol. The smallest absolute Gasteiger partial charge is 0.0757 e. The number of aliphatic hydroxyl groups excluding tert-OH is 1. The fourth-order valence-corrected chi connectivity index (χ4v) is 2.79. The van der Waals surface area contributed by atoms with Gasteiger partial charge >= 0.3 is 0 Å². The second-order valence-electron chi connectivity index (χ2n) is 4.20. The van der Waals surface area contributed by atoms with Gasteiger partial charge in [-0.1, -0.05) is 0 Å². The number of rotatable bonds is 5. The summed E-state index contributed by atoms with van der Waals surface area (Å²) in [6.07, 6.45) is -0.186. The molecule has 2 saturated heterocycles. The maximum absolute atomic E-state index is 9.85. The average molecular weight is 232 g/mol. The van der Waals surface area contributed by atoms with Gasteiger partial charge in [0.05, 0.1) is 24.6 Å². The third-order valence-corrected chi connectivity index (χ3v) is 4.13. The van der Waals surface area contributed by atoms with E-state index >= 15 is 0 Å². The maximum atomic E-state index is 9.85. The topological polar surface area (TPSA) is 44.7 Å². The number of nitrogens with zero attached hydrogens (tertiary/aromatic N) is 1. The number of nitrogens with one attached hydrogen (secondary N) is 1. The first-order chi connectivity index (χ1) is 7.34. The molecule has 2 rings (SSSR count). The molecule has 0 spiro atoms. The summed E-state index contributed by atoms with van der Waals surface area (Å²) < 4.78 is 5.10. The first kappa shape index (κ1) is 11.7. The van der Waals surface area contributed by atoms with Crippen LogP contribution >= 0.6 is 11.8 Å². The third-order valence-electron chi connectivity index (χ3n) is 2.81. The van der Waals surface area contributed by atoms with Crippen molar-refractivity contribution < 1.29 is 9.84 Å². The first-order valence-corrected chi connectivity index (χ1v) is 6.70. The molecule has 0 aliphatic carbocycles. The van der Waals surface area contributed by atoms with Crippen LogP contribution < -0.4 is 5.32 Å². The highest BCUT2D eigenvalue weighted by Gasteiger charge is 2.21. The minimum atomic E-state index is -0.186. The zero-order valence-corrected chi connectivity index (χ0v) is 9.84. The predicted molar refractivity (Wildman–Crippen MR) is 62.4 cm³/mol. The molecule has 1 unspecified atom stereocenters. The van der Waals surface area contributed by atoms with Crippen molar-refractivity contribution in [3.8, 4) is 0 Å². The summed E-state index contributed by atoms with van der Waals surface area (Å²) >= 11 is 1.84. The van der Waals surface area contributed by atoms with Gasteiger partial charge in [-0.15, -0.1) is 0 Å². The van der Waals surface area contributed by atoms with Crippen molar-refractivity contribution in [2.24, 2.45) is 0 Å². The van der Waals surface area contributed by atoms with Gasteiger partial charge < -0.3 is 15.2 Å². The van der Waals surface area contributed by atoms with E-state index in [1.54, 1.807) is 0 Å². The number of ether oxygens (including phenoxy) is 1. The SMILES string of the molecule is OC(CSC1COC1)CN1CCNCC1. The number of aliphatic hydroxyl groups is 1. The Morgan fingerprint density at radius 2 is 2.13 bits per heavy atom. The summed E-state index contributed by atoms with van der Waals surface area (Å²) in [6.45, 7) is 6.79. The molecule has 15 heavy (non-hydrogen) atoms. The summed E-state index contributed by atoms with van der Waals surface area (Å²) in [5.74, 6) is 0.845. The second kappa shape index (κ2) is 6.06. The van der Waals surface area contributed by atoms with E-state index in [-0.39, 0.29) is 6.10 Å².